The summed E-state index contributed by atoms with van der Waals surface area (Å²) in [5.41, 5.74) is 0. The van der Waals surface area contributed by atoms with Crippen LogP contribution in [0.4, 0.5) is 0 Å². The molecule has 0 heterocycles. The van der Waals surface area contributed by atoms with Gasteiger partial charge < -0.3 is 0 Å². The van der Waals surface area contributed by atoms with E-state index >= 15 is 0 Å². The summed E-state index contributed by atoms with van der Waals surface area (Å²) in [5.74, 6) is 0. The largest absolute Gasteiger partial charge is 0.147 e. The Bertz CT molecular complexity index is 11.6. The maximum absolute atomic E-state index is 2.25. The first-order valence-electron chi connectivity index (χ1n) is 1.56. The van der Waals surface area contributed by atoms with Gasteiger partial charge in [0.15, 0.2) is 0 Å². The third-order valence-corrected chi connectivity index (χ3v) is 0. The molecule has 0 nitrogen and oxygen atoms in total. The van der Waals surface area contributed by atoms with Crippen molar-refractivity contribution >= 4 is 12.4 Å². The first kappa shape index (κ1) is 9.52. The van der Waals surface area contributed by atoms with Gasteiger partial charge in [-0.25, -0.2) is 0 Å². The van der Waals surface area contributed by atoms with Crippen LogP contribution in [0.15, 0.2) is 0 Å². The zero-order valence-electron chi connectivity index (χ0n) is 3.69. The van der Waals surface area contributed by atoms with E-state index in [2.05, 4.69) is 13.8 Å². The standard InChI is InChI=1S/C3H7.ClH.Hg/c1-3-2;;/h3H,1-2H3;1H;. The predicted molar refractivity (Wildman–Crippen MR) is 22.3 cm³/mol. The minimum absolute atomic E-state index is 0. The van der Waals surface area contributed by atoms with Crippen LogP contribution < -0.4 is 0 Å². The molecule has 0 aliphatic rings. The third-order valence-electron chi connectivity index (χ3n) is 0. The molecule has 0 rings (SSSR count). The summed E-state index contributed by atoms with van der Waals surface area (Å²) >= 11 is 1.02. The second-order valence-corrected chi connectivity index (χ2v) is 7.74. The van der Waals surface area contributed by atoms with Crippen molar-refractivity contribution in [3.05, 3.63) is 0 Å². The summed E-state index contributed by atoms with van der Waals surface area (Å²) in [6.45, 7) is 4.51. The average Bonchev–Trinajstić information content (AvgIpc) is 0.811. The van der Waals surface area contributed by atoms with Crippen molar-refractivity contribution in [3.8, 4) is 0 Å². The van der Waals surface area contributed by atoms with E-state index in [1.165, 1.54) is 0 Å². The van der Waals surface area contributed by atoms with Crippen LogP contribution in [0, 0.1) is 0 Å². The SMILES string of the molecule is C[CH](C)[Hg].Cl. The number of halogens is 1. The molecule has 0 radical (unpaired) electrons. The summed E-state index contributed by atoms with van der Waals surface area (Å²) < 4.78 is 1.03. The fourth-order valence-electron chi connectivity index (χ4n) is 0. The molecular formula is C3H8ClHg. The van der Waals surface area contributed by atoms with Crippen molar-refractivity contribution in [2.24, 2.45) is 0 Å². The molecule has 0 atom stereocenters. The zero-order chi connectivity index (χ0) is 3.58. The van der Waals surface area contributed by atoms with Crippen molar-refractivity contribution in [1.82, 2.24) is 0 Å². The Hall–Kier alpha value is 1.23. The van der Waals surface area contributed by atoms with Gasteiger partial charge >= 0.3 is 43.4 Å². The first-order chi connectivity index (χ1) is 1.73. The fourth-order valence-corrected chi connectivity index (χ4v) is 0. The molecule has 0 amide bonds. The summed E-state index contributed by atoms with van der Waals surface area (Å²) in [5, 5.41) is 0. The molecule has 29 valence electrons. The molecule has 0 aromatic rings. The molecule has 0 aliphatic carbocycles. The molecule has 0 unspecified atom stereocenters. The first-order valence-corrected chi connectivity index (χ1v) is 4.74. The van der Waals surface area contributed by atoms with Crippen molar-refractivity contribution < 1.29 is 26.1 Å². The summed E-state index contributed by atoms with van der Waals surface area (Å²) in [6, 6.07) is 0. The van der Waals surface area contributed by atoms with Gasteiger partial charge in [-0.05, 0) is 0 Å². The van der Waals surface area contributed by atoms with E-state index in [4.69, 9.17) is 0 Å². The monoisotopic (exact) mass is 281 g/mol. The van der Waals surface area contributed by atoms with E-state index in [0.29, 0.717) is 0 Å². The van der Waals surface area contributed by atoms with Crippen LogP contribution in [0.25, 0.3) is 0 Å². The predicted octanol–water partition coefficient (Wildman–Crippen LogP) is 1.78. The Labute approximate surface area is 55.7 Å². The zero-order valence-corrected chi connectivity index (χ0v) is 10.0. The van der Waals surface area contributed by atoms with Gasteiger partial charge in [0, 0.05) is 0 Å². The molecule has 0 fully saturated rings. The molecule has 0 saturated carbocycles. The van der Waals surface area contributed by atoms with Gasteiger partial charge in [0.1, 0.15) is 0 Å². The normalized spacial score (nSPS) is 7.40. The number of hydrogen-bond donors (Lipinski definition) is 0. The summed E-state index contributed by atoms with van der Waals surface area (Å²) in [7, 11) is 0. The fraction of sp³-hybridized carbons (Fsp3) is 1.00. The molecular weight excluding hydrogens is 272 g/mol. The van der Waals surface area contributed by atoms with Gasteiger partial charge in [0.2, 0.25) is 0 Å². The second-order valence-electron chi connectivity index (χ2n) is 1.39. The van der Waals surface area contributed by atoms with E-state index in [-0.39, 0.29) is 12.4 Å². The Balaban J connectivity index is 0. The van der Waals surface area contributed by atoms with Crippen LogP contribution in [-0.2, 0) is 26.1 Å². The van der Waals surface area contributed by atoms with Crippen LogP contribution in [0.1, 0.15) is 13.8 Å². The quantitative estimate of drug-likeness (QED) is 0.593. The average molecular weight is 280 g/mol. The second kappa shape index (κ2) is 5.23. The van der Waals surface area contributed by atoms with Gasteiger partial charge in [-0.1, -0.05) is 0 Å². The van der Waals surface area contributed by atoms with Crippen molar-refractivity contribution in [1.29, 1.82) is 0 Å². The molecule has 2 heteroatoms. The maximum atomic E-state index is 2.25. The van der Waals surface area contributed by atoms with Crippen LogP contribution in [-0.4, -0.2) is 0 Å². The number of hydrogen-bond acceptors (Lipinski definition) is 0. The van der Waals surface area contributed by atoms with E-state index in [0.717, 1.165) is 29.5 Å². The van der Waals surface area contributed by atoms with Gasteiger partial charge in [-0.15, -0.1) is 12.4 Å². The van der Waals surface area contributed by atoms with Crippen molar-refractivity contribution in [2.45, 2.75) is 17.3 Å². The maximum Gasteiger partial charge on any atom is -0.147 e. The Morgan fingerprint density at radius 3 is 1.40 bits per heavy atom. The molecule has 0 spiro atoms. The smallest absolute Gasteiger partial charge is 0.147 e. The van der Waals surface area contributed by atoms with Gasteiger partial charge in [-0.2, -0.15) is 0 Å². The van der Waals surface area contributed by atoms with Crippen LogP contribution in [0.2, 0.25) is 3.43 Å². The van der Waals surface area contributed by atoms with Gasteiger partial charge in [0.05, 0.1) is 0 Å². The molecule has 0 aromatic carbocycles. The van der Waals surface area contributed by atoms with Crippen LogP contribution in [0.5, 0.6) is 0 Å². The van der Waals surface area contributed by atoms with E-state index in [9.17, 15) is 0 Å². The Kier molecular flexibility index (Phi) is 9.95. The summed E-state index contributed by atoms with van der Waals surface area (Å²) in [6.07, 6.45) is 0. The van der Waals surface area contributed by atoms with Crippen LogP contribution in [0.3, 0.4) is 0 Å². The van der Waals surface area contributed by atoms with Crippen molar-refractivity contribution in [2.75, 3.05) is 0 Å². The molecule has 0 bridgehead atoms. The Morgan fingerprint density at radius 2 is 1.40 bits per heavy atom. The molecule has 5 heavy (non-hydrogen) atoms. The number of rotatable bonds is 0. The third kappa shape index (κ3) is 36.2. The van der Waals surface area contributed by atoms with E-state index in [1.54, 1.807) is 0 Å². The molecule has 0 aromatic heterocycles. The Morgan fingerprint density at radius 1 is 1.40 bits per heavy atom. The van der Waals surface area contributed by atoms with E-state index < -0.39 is 0 Å². The van der Waals surface area contributed by atoms with Crippen molar-refractivity contribution in [3.63, 3.8) is 0 Å². The van der Waals surface area contributed by atoms with Crippen LogP contribution >= 0.6 is 12.4 Å². The topological polar surface area (TPSA) is 0 Å². The molecule has 0 N–H and O–H groups in total. The summed E-state index contributed by atoms with van der Waals surface area (Å²) in [4.78, 5) is 0. The minimum Gasteiger partial charge on any atom is -0.147 e. The van der Waals surface area contributed by atoms with E-state index in [1.807, 2.05) is 0 Å². The van der Waals surface area contributed by atoms with Gasteiger partial charge in [-0.3, -0.25) is 0 Å². The minimum atomic E-state index is 0. The van der Waals surface area contributed by atoms with Gasteiger partial charge in [0.25, 0.3) is 0 Å². The molecule has 0 saturated heterocycles. The molecule has 0 aliphatic heterocycles.